The van der Waals surface area contributed by atoms with Crippen LogP contribution in [-0.2, 0) is 14.3 Å². The second-order valence-electron chi connectivity index (χ2n) is 20.0. The predicted octanol–water partition coefficient (Wildman–Crippen LogP) is 17.9. The summed E-state index contributed by atoms with van der Waals surface area (Å²) in [6, 6.07) is -0.554. The van der Waals surface area contributed by atoms with Crippen LogP contribution < -0.4 is 5.32 Å². The first-order valence-electron chi connectivity index (χ1n) is 29.1. The van der Waals surface area contributed by atoms with Gasteiger partial charge in [0.15, 0.2) is 0 Å². The molecule has 0 saturated carbocycles. The highest BCUT2D eigenvalue weighted by Gasteiger charge is 2.20. The van der Waals surface area contributed by atoms with Gasteiger partial charge in [-0.15, -0.1) is 0 Å². The summed E-state index contributed by atoms with van der Waals surface area (Å²) < 4.78 is 5.46. The lowest BCUT2D eigenvalue weighted by molar-refractivity contribution is -0.143. The molecule has 2 atom stereocenters. The maximum absolute atomic E-state index is 12.5. The average Bonchev–Trinajstić information content (AvgIpc) is 3.31. The fraction of sp³-hybridized carbons (Fsp3) is 0.898. The number of aliphatic hydroxyl groups is 2. The molecule has 0 rings (SSSR count). The molecule has 6 heteroatoms. The minimum absolute atomic E-state index is 0.0110. The van der Waals surface area contributed by atoms with E-state index in [9.17, 15) is 19.8 Å². The van der Waals surface area contributed by atoms with Crippen molar-refractivity contribution in [1.82, 2.24) is 5.32 Å². The average molecular weight is 917 g/mol. The Morgan fingerprint density at radius 3 is 1.09 bits per heavy atom. The molecule has 0 aromatic rings. The first-order chi connectivity index (χ1) is 32.0. The number of hydrogen-bond acceptors (Lipinski definition) is 5. The molecule has 0 radical (unpaired) electrons. The summed E-state index contributed by atoms with van der Waals surface area (Å²) in [5.41, 5.74) is 0. The van der Waals surface area contributed by atoms with Crippen molar-refractivity contribution >= 4 is 11.9 Å². The molecule has 3 N–H and O–H groups in total. The molecule has 65 heavy (non-hydrogen) atoms. The Hall–Kier alpha value is -1.66. The minimum Gasteiger partial charge on any atom is -0.466 e. The van der Waals surface area contributed by atoms with Gasteiger partial charge in [0.25, 0.3) is 0 Å². The highest BCUT2D eigenvalue weighted by Crippen LogP contribution is 2.17. The van der Waals surface area contributed by atoms with E-state index >= 15 is 0 Å². The fourth-order valence-electron chi connectivity index (χ4n) is 8.98. The van der Waals surface area contributed by atoms with E-state index in [1.54, 1.807) is 0 Å². The molecule has 0 saturated heterocycles. The summed E-state index contributed by atoms with van der Waals surface area (Å²) in [6.45, 7) is 4.93. The van der Waals surface area contributed by atoms with E-state index in [1.807, 2.05) is 0 Å². The van der Waals surface area contributed by atoms with Crippen LogP contribution in [0.3, 0.4) is 0 Å². The molecule has 0 aliphatic heterocycles. The van der Waals surface area contributed by atoms with Crippen molar-refractivity contribution < 1.29 is 24.5 Å². The van der Waals surface area contributed by atoms with Gasteiger partial charge in [-0.25, -0.2) is 0 Å². The Balaban J connectivity index is 3.47. The molecule has 0 bridgehead atoms. The number of unbranched alkanes of at least 4 members (excludes halogenated alkanes) is 39. The normalized spacial score (nSPS) is 12.7. The van der Waals surface area contributed by atoms with Crippen molar-refractivity contribution in [3.63, 3.8) is 0 Å². The van der Waals surface area contributed by atoms with Crippen LogP contribution in [0.15, 0.2) is 24.3 Å². The number of esters is 1. The van der Waals surface area contributed by atoms with Gasteiger partial charge in [-0.1, -0.05) is 250 Å². The number of amides is 1. The van der Waals surface area contributed by atoms with Crippen LogP contribution in [0.4, 0.5) is 0 Å². The summed E-state index contributed by atoms with van der Waals surface area (Å²) in [5.74, 6) is -0.0612. The SMILES string of the molecule is CCCCCCC/C=C\CCCCCCCC(=O)OCCCCCCCCC/C=C\CCCCCCCC(=O)NC(CO)C(O)CCCCCCCCCCCCCCCCCCCC. The summed E-state index contributed by atoms with van der Waals surface area (Å²) >= 11 is 0. The summed E-state index contributed by atoms with van der Waals surface area (Å²) in [4.78, 5) is 24.5. The Morgan fingerprint density at radius 1 is 0.415 bits per heavy atom. The molecule has 0 spiro atoms. The number of hydrogen-bond donors (Lipinski definition) is 3. The van der Waals surface area contributed by atoms with Gasteiger partial charge in [0.1, 0.15) is 0 Å². The summed E-state index contributed by atoms with van der Waals surface area (Å²) in [7, 11) is 0. The molecule has 0 aliphatic rings. The standard InChI is InChI=1S/C59H113NO5/c1-3-5-7-9-11-13-15-17-19-20-21-24-27-31-35-39-43-47-51-57(62)56(55-61)60-58(63)52-48-44-40-36-32-28-25-22-23-26-30-34-38-42-46-50-54-65-59(64)53-49-45-41-37-33-29-18-16-14-12-10-8-6-4-2/h16,18,22,25,56-57,61-62H,3-15,17,19-21,23-24,26-55H2,1-2H3,(H,60,63)/b18-16-,25-22-. The second-order valence-corrected chi connectivity index (χ2v) is 20.0. The van der Waals surface area contributed by atoms with Crippen LogP contribution in [0, 0.1) is 0 Å². The zero-order valence-electron chi connectivity index (χ0n) is 43.7. The van der Waals surface area contributed by atoms with Gasteiger partial charge in [0, 0.05) is 12.8 Å². The van der Waals surface area contributed by atoms with Crippen LogP contribution in [0.5, 0.6) is 0 Å². The molecule has 1 amide bonds. The van der Waals surface area contributed by atoms with Crippen molar-refractivity contribution in [3.8, 4) is 0 Å². The van der Waals surface area contributed by atoms with Gasteiger partial charge < -0.3 is 20.3 Å². The van der Waals surface area contributed by atoms with Crippen LogP contribution in [0.1, 0.15) is 316 Å². The topological polar surface area (TPSA) is 95.9 Å². The molecule has 0 fully saturated rings. The lowest BCUT2D eigenvalue weighted by Crippen LogP contribution is -2.45. The molecular formula is C59H113NO5. The monoisotopic (exact) mass is 916 g/mol. The third kappa shape index (κ3) is 51.6. The Bertz CT molecular complexity index is 1010. The van der Waals surface area contributed by atoms with E-state index in [-0.39, 0.29) is 18.5 Å². The van der Waals surface area contributed by atoms with E-state index in [1.165, 1.54) is 218 Å². The maximum Gasteiger partial charge on any atom is 0.305 e. The van der Waals surface area contributed by atoms with Crippen LogP contribution in [-0.4, -0.2) is 47.4 Å². The van der Waals surface area contributed by atoms with E-state index in [0.717, 1.165) is 64.2 Å². The van der Waals surface area contributed by atoms with Crippen molar-refractivity contribution in [2.75, 3.05) is 13.2 Å². The van der Waals surface area contributed by atoms with Crippen LogP contribution in [0.2, 0.25) is 0 Å². The quantitative estimate of drug-likeness (QED) is 0.0321. The molecule has 0 heterocycles. The van der Waals surface area contributed by atoms with E-state index < -0.39 is 12.1 Å². The van der Waals surface area contributed by atoms with Gasteiger partial charge in [0.05, 0.1) is 25.4 Å². The molecular weight excluding hydrogens is 803 g/mol. The Morgan fingerprint density at radius 2 is 0.723 bits per heavy atom. The Kier molecular flexibility index (Phi) is 53.5. The smallest absolute Gasteiger partial charge is 0.305 e. The highest BCUT2D eigenvalue weighted by molar-refractivity contribution is 5.76. The molecule has 384 valence electrons. The summed E-state index contributed by atoms with van der Waals surface area (Å²) in [5, 5.41) is 23.3. The number of nitrogens with one attached hydrogen (secondary N) is 1. The minimum atomic E-state index is -0.675. The van der Waals surface area contributed by atoms with Gasteiger partial charge in [-0.2, -0.15) is 0 Å². The van der Waals surface area contributed by atoms with Gasteiger partial charge in [-0.05, 0) is 77.0 Å². The van der Waals surface area contributed by atoms with Crippen molar-refractivity contribution in [2.24, 2.45) is 0 Å². The lowest BCUT2D eigenvalue weighted by Gasteiger charge is -2.22. The number of allylic oxidation sites excluding steroid dienone is 4. The van der Waals surface area contributed by atoms with Crippen molar-refractivity contribution in [3.05, 3.63) is 24.3 Å². The van der Waals surface area contributed by atoms with Crippen LogP contribution in [0.25, 0.3) is 0 Å². The molecule has 0 aromatic carbocycles. The third-order valence-corrected chi connectivity index (χ3v) is 13.5. The van der Waals surface area contributed by atoms with Crippen molar-refractivity contribution in [1.29, 1.82) is 0 Å². The van der Waals surface area contributed by atoms with Crippen molar-refractivity contribution in [2.45, 2.75) is 328 Å². The third-order valence-electron chi connectivity index (χ3n) is 13.5. The maximum atomic E-state index is 12.5. The number of rotatable bonds is 54. The van der Waals surface area contributed by atoms with Gasteiger partial charge in [0.2, 0.25) is 5.91 Å². The molecule has 0 aromatic heterocycles. The predicted molar refractivity (Wildman–Crippen MR) is 283 cm³/mol. The first-order valence-corrected chi connectivity index (χ1v) is 29.1. The zero-order chi connectivity index (χ0) is 47.2. The number of aliphatic hydroxyl groups excluding tert-OH is 2. The number of carbonyl (C=O) groups is 2. The molecule has 2 unspecified atom stereocenters. The number of ether oxygens (including phenoxy) is 1. The molecule has 6 nitrogen and oxygen atoms in total. The first kappa shape index (κ1) is 63.3. The highest BCUT2D eigenvalue weighted by atomic mass is 16.5. The Labute approximate surface area is 405 Å². The fourth-order valence-corrected chi connectivity index (χ4v) is 8.98. The van der Waals surface area contributed by atoms with Gasteiger partial charge >= 0.3 is 5.97 Å². The second kappa shape index (κ2) is 54.9. The largest absolute Gasteiger partial charge is 0.466 e. The lowest BCUT2D eigenvalue weighted by atomic mass is 10.0. The summed E-state index contributed by atoms with van der Waals surface area (Å²) in [6.07, 6.45) is 65.9. The van der Waals surface area contributed by atoms with Crippen LogP contribution >= 0.6 is 0 Å². The molecule has 0 aliphatic carbocycles. The zero-order valence-corrected chi connectivity index (χ0v) is 43.7. The number of carbonyl (C=O) groups excluding carboxylic acids is 2. The van der Waals surface area contributed by atoms with E-state index in [0.29, 0.717) is 25.9 Å². The van der Waals surface area contributed by atoms with Gasteiger partial charge in [-0.3, -0.25) is 9.59 Å². The van der Waals surface area contributed by atoms with E-state index in [4.69, 9.17) is 4.74 Å². The van der Waals surface area contributed by atoms with E-state index in [2.05, 4.69) is 43.5 Å².